The zero-order valence-corrected chi connectivity index (χ0v) is 17.4. The number of benzene rings is 1. The van der Waals surface area contributed by atoms with Crippen molar-refractivity contribution >= 4 is 33.6 Å². The number of carbonyl (C=O) groups excluding carboxylic acids is 1. The zero-order valence-electron chi connectivity index (χ0n) is 15.0. The Hall–Kier alpha value is -2.27. The number of amides is 1. The fourth-order valence-electron chi connectivity index (χ4n) is 3.63. The van der Waals surface area contributed by atoms with E-state index in [0.717, 1.165) is 0 Å². The van der Waals surface area contributed by atoms with Crippen LogP contribution in [0.25, 0.3) is 0 Å². The molecular formula is C19H10BrClF6N2O2. The van der Waals surface area contributed by atoms with Gasteiger partial charge in [0.25, 0.3) is 0 Å². The van der Waals surface area contributed by atoms with Crippen molar-refractivity contribution < 1.29 is 35.9 Å². The Kier molecular flexibility index (Phi) is 5.24. The number of nitrogens with zero attached hydrogens (tertiary/aromatic N) is 2. The smallest absolute Gasteiger partial charge is 0.416 e. The van der Waals surface area contributed by atoms with E-state index < -0.39 is 53.3 Å². The topological polar surface area (TPSA) is 42.4 Å². The molecule has 0 N–H and O–H groups in total. The van der Waals surface area contributed by atoms with Gasteiger partial charge in [0.2, 0.25) is 0 Å². The van der Waals surface area contributed by atoms with E-state index in [2.05, 4.69) is 20.9 Å². The summed E-state index contributed by atoms with van der Waals surface area (Å²) in [5.74, 6) is 0. The highest BCUT2D eigenvalue weighted by Crippen LogP contribution is 2.46. The number of hydrogen-bond donors (Lipinski definition) is 0. The Labute approximate surface area is 184 Å². The molecule has 3 atom stereocenters. The van der Waals surface area contributed by atoms with E-state index in [-0.39, 0.29) is 11.2 Å². The van der Waals surface area contributed by atoms with Crippen molar-refractivity contribution in [2.24, 2.45) is 0 Å². The van der Waals surface area contributed by atoms with Gasteiger partial charge in [0.05, 0.1) is 23.2 Å². The lowest BCUT2D eigenvalue weighted by atomic mass is 9.97. The fourth-order valence-corrected chi connectivity index (χ4v) is 4.24. The average molecular weight is 528 g/mol. The quantitative estimate of drug-likeness (QED) is 0.248. The van der Waals surface area contributed by atoms with Gasteiger partial charge in [-0.1, -0.05) is 23.8 Å². The molecule has 0 spiro atoms. The predicted octanol–water partition coefficient (Wildman–Crippen LogP) is 6.71. The van der Waals surface area contributed by atoms with Crippen LogP contribution in [0.2, 0.25) is 5.15 Å². The van der Waals surface area contributed by atoms with Gasteiger partial charge in [-0.15, -0.1) is 0 Å². The number of cyclic esters (lactones) is 1. The van der Waals surface area contributed by atoms with Crippen molar-refractivity contribution in [2.45, 2.75) is 30.5 Å². The second-order valence-electron chi connectivity index (χ2n) is 6.90. The van der Waals surface area contributed by atoms with Gasteiger partial charge in [0.15, 0.2) is 6.10 Å². The summed E-state index contributed by atoms with van der Waals surface area (Å²) in [7, 11) is 0. The molecule has 0 bridgehead atoms. The van der Waals surface area contributed by atoms with Gasteiger partial charge in [-0.3, -0.25) is 4.90 Å². The van der Waals surface area contributed by atoms with Crippen molar-refractivity contribution in [3.05, 3.63) is 74.5 Å². The first-order valence-electron chi connectivity index (χ1n) is 8.64. The molecule has 164 valence electrons. The summed E-state index contributed by atoms with van der Waals surface area (Å²) >= 11 is 9.21. The van der Waals surface area contributed by atoms with E-state index in [4.69, 9.17) is 16.3 Å². The summed E-state index contributed by atoms with van der Waals surface area (Å²) in [6.07, 6.45) is -7.72. The predicted molar refractivity (Wildman–Crippen MR) is 100 cm³/mol. The highest BCUT2D eigenvalue weighted by atomic mass is 79.9. The Morgan fingerprint density at radius 3 is 2.19 bits per heavy atom. The number of alkyl halides is 6. The molecule has 0 saturated carbocycles. The van der Waals surface area contributed by atoms with Gasteiger partial charge >= 0.3 is 18.4 Å². The molecule has 2 aliphatic rings. The van der Waals surface area contributed by atoms with Crippen LogP contribution < -0.4 is 0 Å². The number of ether oxygens (including phenoxy) is 1. The number of aromatic nitrogens is 1. The van der Waals surface area contributed by atoms with Crippen LogP contribution in [0.15, 0.2) is 47.1 Å². The van der Waals surface area contributed by atoms with E-state index in [1.807, 2.05) is 0 Å². The molecule has 1 saturated heterocycles. The fraction of sp³-hybridized carbons (Fsp3) is 0.263. The van der Waals surface area contributed by atoms with Gasteiger partial charge in [0, 0.05) is 10.7 Å². The molecule has 12 heteroatoms. The number of pyridine rings is 1. The van der Waals surface area contributed by atoms with E-state index in [1.165, 1.54) is 23.2 Å². The molecular weight excluding hydrogens is 518 g/mol. The largest absolute Gasteiger partial charge is 0.439 e. The van der Waals surface area contributed by atoms with Crippen LogP contribution in [0.4, 0.5) is 31.1 Å². The first-order valence-corrected chi connectivity index (χ1v) is 9.81. The highest BCUT2D eigenvalue weighted by Gasteiger charge is 2.49. The third-order valence-corrected chi connectivity index (χ3v) is 5.84. The lowest BCUT2D eigenvalue weighted by Gasteiger charge is -2.24. The molecule has 2 aliphatic heterocycles. The van der Waals surface area contributed by atoms with Crippen LogP contribution in [0.3, 0.4) is 0 Å². The van der Waals surface area contributed by atoms with Gasteiger partial charge < -0.3 is 4.74 Å². The van der Waals surface area contributed by atoms with Crippen molar-refractivity contribution in [3.8, 4) is 0 Å². The lowest BCUT2D eigenvalue weighted by Crippen LogP contribution is -2.31. The van der Waals surface area contributed by atoms with Crippen molar-refractivity contribution in [1.82, 2.24) is 9.88 Å². The average Bonchev–Trinajstić information content (AvgIpc) is 3.23. The summed E-state index contributed by atoms with van der Waals surface area (Å²) in [6, 6.07) is 1.07. The molecule has 3 heterocycles. The molecule has 2 aromatic rings. The summed E-state index contributed by atoms with van der Waals surface area (Å²) in [5.41, 5.74) is -2.82. The van der Waals surface area contributed by atoms with Crippen LogP contribution in [0.1, 0.15) is 34.4 Å². The monoisotopic (exact) mass is 526 g/mol. The number of halogens is 8. The Morgan fingerprint density at radius 2 is 1.61 bits per heavy atom. The first kappa shape index (κ1) is 21.9. The van der Waals surface area contributed by atoms with Crippen LogP contribution in [0.5, 0.6) is 0 Å². The maximum absolute atomic E-state index is 13.2. The summed E-state index contributed by atoms with van der Waals surface area (Å²) in [6.45, 7) is 0. The van der Waals surface area contributed by atoms with Crippen LogP contribution >= 0.6 is 27.5 Å². The number of fused-ring (bicyclic) bond motifs is 1. The molecule has 0 radical (unpaired) electrons. The van der Waals surface area contributed by atoms with Crippen molar-refractivity contribution in [1.29, 1.82) is 0 Å². The summed E-state index contributed by atoms with van der Waals surface area (Å²) < 4.78 is 85.0. The summed E-state index contributed by atoms with van der Waals surface area (Å²) in [4.78, 5) is 17.7. The van der Waals surface area contributed by atoms with Crippen LogP contribution in [-0.2, 0) is 17.1 Å². The maximum Gasteiger partial charge on any atom is 0.416 e. The molecule has 1 aromatic heterocycles. The number of hydrogen-bond acceptors (Lipinski definition) is 3. The van der Waals surface area contributed by atoms with E-state index >= 15 is 0 Å². The Bertz CT molecular complexity index is 1060. The minimum absolute atomic E-state index is 0.0292. The van der Waals surface area contributed by atoms with Crippen molar-refractivity contribution in [2.75, 3.05) is 0 Å². The third kappa shape index (κ3) is 4.00. The molecule has 31 heavy (non-hydrogen) atoms. The highest BCUT2D eigenvalue weighted by molar-refractivity contribution is 9.10. The second kappa shape index (κ2) is 7.40. The lowest BCUT2D eigenvalue weighted by molar-refractivity contribution is -0.143. The van der Waals surface area contributed by atoms with E-state index in [0.29, 0.717) is 22.2 Å². The molecule has 1 amide bonds. The number of rotatable bonds is 2. The third-order valence-electron chi connectivity index (χ3n) is 4.97. The van der Waals surface area contributed by atoms with Gasteiger partial charge in [-0.05, 0) is 51.3 Å². The van der Waals surface area contributed by atoms with Gasteiger partial charge in [-0.2, -0.15) is 26.3 Å². The first-order chi connectivity index (χ1) is 14.4. The standard InChI is InChI=1S/C19H10BrClF6N2O2/c20-12-7-28-15(21)6-11(12)13-1-2-14-16(31-17(30)29(13)14)8-3-9(18(22,23)24)5-10(4-8)19(25,26)27/h1-7,13-14,16H/t13-,14-,16+/m0/s1. The Balaban J connectivity index is 1.74. The molecule has 4 rings (SSSR count). The molecule has 0 unspecified atom stereocenters. The van der Waals surface area contributed by atoms with Crippen LogP contribution in [0, 0.1) is 0 Å². The second-order valence-corrected chi connectivity index (χ2v) is 8.14. The van der Waals surface area contributed by atoms with Gasteiger partial charge in [0.1, 0.15) is 5.15 Å². The van der Waals surface area contributed by atoms with Crippen molar-refractivity contribution in [3.63, 3.8) is 0 Å². The Morgan fingerprint density at radius 1 is 1.00 bits per heavy atom. The molecule has 1 fully saturated rings. The number of carbonyl (C=O) groups is 1. The minimum Gasteiger partial charge on any atom is -0.439 e. The normalized spacial score (nSPS) is 23.3. The molecule has 0 aliphatic carbocycles. The molecule has 4 nitrogen and oxygen atoms in total. The zero-order chi connectivity index (χ0) is 22.7. The SMILES string of the molecule is O=C1O[C@H](c2cc(C(F)(F)F)cc(C(F)(F)F)c2)[C@@H]2C=C[C@@H](c3cc(Cl)ncc3Br)N12. The maximum atomic E-state index is 13.2. The summed E-state index contributed by atoms with van der Waals surface area (Å²) in [5, 5.41) is 0.145. The molecule has 1 aromatic carbocycles. The minimum atomic E-state index is -5.01. The van der Waals surface area contributed by atoms with Gasteiger partial charge in [-0.25, -0.2) is 9.78 Å². The van der Waals surface area contributed by atoms with E-state index in [1.54, 1.807) is 6.08 Å². The van der Waals surface area contributed by atoms with Crippen LogP contribution in [-0.4, -0.2) is 22.0 Å². The van der Waals surface area contributed by atoms with E-state index in [9.17, 15) is 31.1 Å².